The van der Waals surface area contributed by atoms with E-state index in [9.17, 15) is 9.59 Å². The standard InChI is InChI=1S/C16H18N2O2S2/c1-18(2)15(19)9-17-16(20)13-5-3-4-6-14(13)22-11-12-7-8-21-10-12/h3-8,10H,9,11H2,1-2H3,(H,17,20). The van der Waals surface area contributed by atoms with Gasteiger partial charge in [-0.2, -0.15) is 11.3 Å². The predicted molar refractivity (Wildman–Crippen MR) is 91.3 cm³/mol. The lowest BCUT2D eigenvalue weighted by atomic mass is 10.2. The molecule has 0 saturated carbocycles. The molecule has 0 aliphatic rings. The van der Waals surface area contributed by atoms with Gasteiger partial charge < -0.3 is 10.2 Å². The van der Waals surface area contributed by atoms with Crippen molar-refractivity contribution in [3.63, 3.8) is 0 Å². The van der Waals surface area contributed by atoms with Gasteiger partial charge in [0.05, 0.1) is 12.1 Å². The SMILES string of the molecule is CN(C)C(=O)CNC(=O)c1ccccc1SCc1ccsc1. The zero-order valence-electron chi connectivity index (χ0n) is 12.5. The van der Waals surface area contributed by atoms with Crippen LogP contribution in [-0.4, -0.2) is 37.4 Å². The molecule has 0 spiro atoms. The summed E-state index contributed by atoms with van der Waals surface area (Å²) in [5, 5.41) is 6.82. The summed E-state index contributed by atoms with van der Waals surface area (Å²) in [6.07, 6.45) is 0. The molecule has 0 fully saturated rings. The van der Waals surface area contributed by atoms with Crippen LogP contribution in [0.1, 0.15) is 15.9 Å². The number of carbonyl (C=O) groups is 2. The molecular weight excluding hydrogens is 316 g/mol. The second kappa shape index (κ2) is 8.00. The van der Waals surface area contributed by atoms with Crippen molar-refractivity contribution in [2.24, 2.45) is 0 Å². The molecule has 0 aliphatic carbocycles. The van der Waals surface area contributed by atoms with Crippen LogP contribution in [0, 0.1) is 0 Å². The number of nitrogens with one attached hydrogen (secondary N) is 1. The van der Waals surface area contributed by atoms with Gasteiger partial charge in [-0.05, 0) is 34.5 Å². The predicted octanol–water partition coefficient (Wildman–Crippen LogP) is 2.86. The van der Waals surface area contributed by atoms with Crippen LogP contribution in [0.4, 0.5) is 0 Å². The summed E-state index contributed by atoms with van der Waals surface area (Å²) in [4.78, 5) is 26.2. The van der Waals surface area contributed by atoms with Gasteiger partial charge in [-0.15, -0.1) is 11.8 Å². The molecule has 0 unspecified atom stereocenters. The smallest absolute Gasteiger partial charge is 0.252 e. The Hall–Kier alpha value is -1.79. The van der Waals surface area contributed by atoms with Crippen LogP contribution >= 0.6 is 23.1 Å². The highest BCUT2D eigenvalue weighted by Gasteiger charge is 2.13. The maximum atomic E-state index is 12.3. The maximum absolute atomic E-state index is 12.3. The van der Waals surface area contributed by atoms with Gasteiger partial charge >= 0.3 is 0 Å². The lowest BCUT2D eigenvalue weighted by Crippen LogP contribution is -2.36. The molecule has 0 saturated heterocycles. The van der Waals surface area contributed by atoms with E-state index >= 15 is 0 Å². The third-order valence-electron chi connectivity index (χ3n) is 3.01. The van der Waals surface area contributed by atoms with Crippen molar-refractivity contribution in [2.45, 2.75) is 10.6 Å². The topological polar surface area (TPSA) is 49.4 Å². The van der Waals surface area contributed by atoms with Crippen molar-refractivity contribution >= 4 is 34.9 Å². The number of nitrogens with zero attached hydrogens (tertiary/aromatic N) is 1. The minimum absolute atomic E-state index is 0.00929. The van der Waals surface area contributed by atoms with Crippen molar-refractivity contribution < 1.29 is 9.59 Å². The summed E-state index contributed by atoms with van der Waals surface area (Å²) in [5.74, 6) is 0.477. The lowest BCUT2D eigenvalue weighted by molar-refractivity contribution is -0.127. The van der Waals surface area contributed by atoms with Crippen molar-refractivity contribution in [1.29, 1.82) is 0 Å². The Balaban J connectivity index is 2.00. The largest absolute Gasteiger partial charge is 0.347 e. The van der Waals surface area contributed by atoms with Crippen molar-refractivity contribution in [1.82, 2.24) is 10.2 Å². The number of amides is 2. The fourth-order valence-electron chi connectivity index (χ4n) is 1.73. The molecule has 0 bridgehead atoms. The number of likely N-dealkylation sites (N-methyl/N-ethyl adjacent to an activating group) is 1. The minimum Gasteiger partial charge on any atom is -0.347 e. The van der Waals surface area contributed by atoms with Crippen LogP contribution in [0.15, 0.2) is 46.0 Å². The molecule has 2 rings (SSSR count). The molecule has 2 amide bonds. The Morgan fingerprint density at radius 2 is 2.00 bits per heavy atom. The first-order valence-electron chi connectivity index (χ1n) is 6.79. The van der Waals surface area contributed by atoms with Gasteiger partial charge in [0.1, 0.15) is 0 Å². The van der Waals surface area contributed by atoms with Crippen LogP contribution in [0.2, 0.25) is 0 Å². The van der Waals surface area contributed by atoms with E-state index in [4.69, 9.17) is 0 Å². The van der Waals surface area contributed by atoms with Crippen LogP contribution in [0.25, 0.3) is 0 Å². The third kappa shape index (κ3) is 4.61. The van der Waals surface area contributed by atoms with Crippen molar-refractivity contribution in [2.75, 3.05) is 20.6 Å². The van der Waals surface area contributed by atoms with Crippen LogP contribution < -0.4 is 5.32 Å². The van der Waals surface area contributed by atoms with E-state index in [1.807, 2.05) is 23.6 Å². The molecule has 1 N–H and O–H groups in total. The quantitative estimate of drug-likeness (QED) is 0.827. The molecule has 1 aromatic heterocycles. The van der Waals surface area contributed by atoms with Gasteiger partial charge in [0.25, 0.3) is 5.91 Å². The third-order valence-corrected chi connectivity index (χ3v) is 4.88. The number of carbonyl (C=O) groups excluding carboxylic acids is 2. The first-order valence-corrected chi connectivity index (χ1v) is 8.72. The zero-order chi connectivity index (χ0) is 15.9. The van der Waals surface area contributed by atoms with E-state index in [1.54, 1.807) is 43.3 Å². The van der Waals surface area contributed by atoms with E-state index in [0.717, 1.165) is 10.6 Å². The molecule has 0 radical (unpaired) electrons. The van der Waals surface area contributed by atoms with Gasteiger partial charge in [0.2, 0.25) is 5.91 Å². The fraction of sp³-hybridized carbons (Fsp3) is 0.250. The summed E-state index contributed by atoms with van der Waals surface area (Å²) < 4.78 is 0. The van der Waals surface area contributed by atoms with Crippen LogP contribution in [-0.2, 0) is 10.5 Å². The monoisotopic (exact) mass is 334 g/mol. The molecule has 0 atom stereocenters. The second-order valence-corrected chi connectivity index (χ2v) is 6.68. The van der Waals surface area contributed by atoms with Crippen molar-refractivity contribution in [3.05, 3.63) is 52.2 Å². The summed E-state index contributed by atoms with van der Waals surface area (Å²) in [5.41, 5.74) is 1.85. The number of hydrogen-bond acceptors (Lipinski definition) is 4. The Morgan fingerprint density at radius 3 is 2.68 bits per heavy atom. The number of thioether (sulfide) groups is 1. The van der Waals surface area contributed by atoms with Crippen LogP contribution in [0.3, 0.4) is 0 Å². The summed E-state index contributed by atoms with van der Waals surface area (Å²) in [6.45, 7) is 0.00929. The molecule has 6 heteroatoms. The number of benzene rings is 1. The minimum atomic E-state index is -0.219. The highest BCUT2D eigenvalue weighted by molar-refractivity contribution is 7.98. The Labute approximate surface area is 138 Å². The van der Waals surface area contributed by atoms with Crippen molar-refractivity contribution in [3.8, 4) is 0 Å². The number of rotatable bonds is 6. The Bertz CT molecular complexity index is 639. The average Bonchev–Trinajstić information content (AvgIpc) is 3.03. The first kappa shape index (κ1) is 16.6. The molecule has 4 nitrogen and oxygen atoms in total. The van der Waals surface area contributed by atoms with Gasteiger partial charge in [-0.25, -0.2) is 0 Å². The van der Waals surface area contributed by atoms with E-state index in [-0.39, 0.29) is 18.4 Å². The normalized spacial score (nSPS) is 10.3. The Kier molecular flexibility index (Phi) is 6.03. The lowest BCUT2D eigenvalue weighted by Gasteiger charge is -2.12. The molecule has 2 aromatic rings. The summed E-state index contributed by atoms with van der Waals surface area (Å²) in [6, 6.07) is 9.54. The molecule has 1 aromatic carbocycles. The molecular formula is C16H18N2O2S2. The van der Waals surface area contributed by atoms with Gasteiger partial charge in [0, 0.05) is 24.7 Å². The second-order valence-electron chi connectivity index (χ2n) is 4.89. The Morgan fingerprint density at radius 1 is 1.23 bits per heavy atom. The fourth-order valence-corrected chi connectivity index (χ4v) is 3.49. The van der Waals surface area contributed by atoms with Crippen LogP contribution in [0.5, 0.6) is 0 Å². The molecule has 116 valence electrons. The molecule has 22 heavy (non-hydrogen) atoms. The molecule has 0 aliphatic heterocycles. The first-order chi connectivity index (χ1) is 10.6. The van der Waals surface area contributed by atoms with Gasteiger partial charge in [-0.3, -0.25) is 9.59 Å². The van der Waals surface area contributed by atoms with E-state index in [1.165, 1.54) is 10.5 Å². The van der Waals surface area contributed by atoms with E-state index in [2.05, 4.69) is 16.8 Å². The van der Waals surface area contributed by atoms with E-state index < -0.39 is 0 Å². The number of hydrogen-bond donors (Lipinski definition) is 1. The summed E-state index contributed by atoms with van der Waals surface area (Å²) >= 11 is 3.29. The maximum Gasteiger partial charge on any atom is 0.252 e. The highest BCUT2D eigenvalue weighted by atomic mass is 32.2. The number of thiophene rings is 1. The molecule has 1 heterocycles. The average molecular weight is 334 g/mol. The van der Waals surface area contributed by atoms with Gasteiger partial charge in [0.15, 0.2) is 0 Å². The highest BCUT2D eigenvalue weighted by Crippen LogP contribution is 2.27. The van der Waals surface area contributed by atoms with Gasteiger partial charge in [-0.1, -0.05) is 12.1 Å². The zero-order valence-corrected chi connectivity index (χ0v) is 14.2. The summed E-state index contributed by atoms with van der Waals surface area (Å²) in [7, 11) is 3.33. The van der Waals surface area contributed by atoms with E-state index in [0.29, 0.717) is 5.56 Å².